The van der Waals surface area contributed by atoms with Crippen LogP contribution in [0, 0.1) is 5.82 Å². The Morgan fingerprint density at radius 3 is 2.88 bits per heavy atom. The Morgan fingerprint density at radius 2 is 2.24 bits per heavy atom. The summed E-state index contributed by atoms with van der Waals surface area (Å²) in [5, 5.41) is 9.29. The second-order valence-electron chi connectivity index (χ2n) is 4.39. The molecule has 0 aromatic heterocycles. The minimum atomic E-state index is -0.778. The molecule has 92 valence electrons. The zero-order valence-corrected chi connectivity index (χ0v) is 9.52. The zero-order chi connectivity index (χ0) is 12.5. The molecule has 5 heteroatoms. The van der Waals surface area contributed by atoms with Crippen LogP contribution in [0.4, 0.5) is 9.18 Å². The molecule has 0 aliphatic carbocycles. The van der Waals surface area contributed by atoms with Crippen LogP contribution in [0.3, 0.4) is 0 Å². The molecule has 0 saturated carbocycles. The highest BCUT2D eigenvalue weighted by molar-refractivity contribution is 5.71. The minimum absolute atomic E-state index is 0.0998. The molecule has 1 N–H and O–H groups in total. The summed E-state index contributed by atoms with van der Waals surface area (Å²) in [5.74, 6) is -0.368. The van der Waals surface area contributed by atoms with E-state index in [-0.39, 0.29) is 25.6 Å². The number of amides is 1. The lowest BCUT2D eigenvalue weighted by molar-refractivity contribution is 0.0950. The summed E-state index contributed by atoms with van der Waals surface area (Å²) in [6.45, 7) is 1.71. The molecule has 0 radical (unpaired) electrons. The summed E-state index contributed by atoms with van der Waals surface area (Å²) in [7, 11) is 0. The van der Waals surface area contributed by atoms with Gasteiger partial charge in [-0.25, -0.2) is 9.18 Å². The van der Waals surface area contributed by atoms with Crippen molar-refractivity contribution in [2.45, 2.75) is 19.0 Å². The van der Waals surface area contributed by atoms with E-state index in [1.54, 1.807) is 25.1 Å². The number of aliphatic hydroxyl groups is 1. The molecule has 1 atom stereocenters. The van der Waals surface area contributed by atoms with E-state index in [2.05, 4.69) is 0 Å². The van der Waals surface area contributed by atoms with Crippen LogP contribution >= 0.6 is 0 Å². The lowest BCUT2D eigenvalue weighted by Gasteiger charge is -2.29. The third-order valence-electron chi connectivity index (χ3n) is 3.01. The normalized spacial score (nSPS) is 23.9. The molecule has 1 unspecified atom stereocenters. The molecule has 0 bridgehead atoms. The first-order valence-corrected chi connectivity index (χ1v) is 5.35. The smallest absolute Gasteiger partial charge is 0.410 e. The minimum Gasteiger partial charge on any atom is -0.447 e. The van der Waals surface area contributed by atoms with Gasteiger partial charge in [-0.1, -0.05) is 18.2 Å². The number of hydrogen-bond donors (Lipinski definition) is 1. The fraction of sp³-hybridized carbons (Fsp3) is 0.417. The summed E-state index contributed by atoms with van der Waals surface area (Å²) in [4.78, 5) is 12.9. The Morgan fingerprint density at radius 1 is 1.53 bits per heavy atom. The fourth-order valence-corrected chi connectivity index (χ4v) is 1.78. The van der Waals surface area contributed by atoms with Crippen LogP contribution in [-0.4, -0.2) is 34.9 Å². The molecule has 1 saturated heterocycles. The molecule has 1 amide bonds. The number of carbonyl (C=O) groups is 1. The number of hydrogen-bond acceptors (Lipinski definition) is 3. The Labute approximate surface area is 98.6 Å². The number of cyclic esters (lactones) is 1. The van der Waals surface area contributed by atoms with E-state index in [0.29, 0.717) is 5.56 Å². The van der Waals surface area contributed by atoms with Gasteiger partial charge in [0, 0.05) is 5.56 Å². The Kier molecular flexibility index (Phi) is 3.02. The molecule has 1 fully saturated rings. The molecule has 2 rings (SSSR count). The monoisotopic (exact) mass is 239 g/mol. The van der Waals surface area contributed by atoms with Crippen LogP contribution in [0.1, 0.15) is 12.5 Å². The summed E-state index contributed by atoms with van der Waals surface area (Å²) >= 11 is 0. The lowest BCUT2D eigenvalue weighted by atomic mass is 10.0. The van der Waals surface area contributed by atoms with Crippen molar-refractivity contribution >= 4 is 6.09 Å². The topological polar surface area (TPSA) is 49.8 Å². The van der Waals surface area contributed by atoms with Crippen LogP contribution < -0.4 is 0 Å². The van der Waals surface area contributed by atoms with Crippen molar-refractivity contribution in [3.8, 4) is 0 Å². The van der Waals surface area contributed by atoms with Gasteiger partial charge in [-0.3, -0.25) is 4.90 Å². The predicted octanol–water partition coefficient (Wildman–Crippen LogP) is 1.53. The van der Waals surface area contributed by atoms with Crippen LogP contribution in [0.15, 0.2) is 24.3 Å². The molecular formula is C12H14FNO3. The standard InChI is InChI=1S/C12H14FNO3/c1-12(7-15)8-17-11(16)14(12)6-9-4-2-3-5-10(9)13/h2-5,15H,6-8H2,1H3. The molecule has 1 heterocycles. The third kappa shape index (κ3) is 2.10. The first kappa shape index (κ1) is 11.9. The maximum atomic E-state index is 13.5. The first-order chi connectivity index (χ1) is 8.07. The van der Waals surface area contributed by atoms with Crippen LogP contribution in [0.2, 0.25) is 0 Å². The summed E-state index contributed by atoms with van der Waals surface area (Å²) in [5.41, 5.74) is -0.370. The SMILES string of the molecule is CC1(CO)COC(=O)N1Cc1ccccc1F. The van der Waals surface area contributed by atoms with E-state index in [4.69, 9.17) is 4.74 Å². The van der Waals surface area contributed by atoms with Crippen LogP contribution in [-0.2, 0) is 11.3 Å². The van der Waals surface area contributed by atoms with E-state index in [1.807, 2.05) is 0 Å². The van der Waals surface area contributed by atoms with Gasteiger partial charge in [-0.2, -0.15) is 0 Å². The second-order valence-corrected chi connectivity index (χ2v) is 4.39. The first-order valence-electron chi connectivity index (χ1n) is 5.35. The molecule has 1 aliphatic rings. The molecular weight excluding hydrogens is 225 g/mol. The Bertz CT molecular complexity index is 438. The molecule has 1 aromatic rings. The number of carbonyl (C=O) groups excluding carboxylic acids is 1. The van der Waals surface area contributed by atoms with E-state index in [1.165, 1.54) is 11.0 Å². The van der Waals surface area contributed by atoms with Crippen molar-refractivity contribution in [2.24, 2.45) is 0 Å². The van der Waals surface area contributed by atoms with Gasteiger partial charge in [-0.05, 0) is 13.0 Å². The van der Waals surface area contributed by atoms with Gasteiger partial charge < -0.3 is 9.84 Å². The van der Waals surface area contributed by atoms with Crippen LogP contribution in [0.25, 0.3) is 0 Å². The molecule has 0 spiro atoms. The second kappa shape index (κ2) is 4.33. The van der Waals surface area contributed by atoms with E-state index in [0.717, 1.165) is 0 Å². The van der Waals surface area contributed by atoms with Crippen molar-refractivity contribution in [3.63, 3.8) is 0 Å². The van der Waals surface area contributed by atoms with Crippen molar-refractivity contribution in [1.29, 1.82) is 0 Å². The average Bonchev–Trinajstić information content (AvgIpc) is 2.61. The number of aliphatic hydroxyl groups excluding tert-OH is 1. The Hall–Kier alpha value is -1.62. The number of halogens is 1. The molecule has 4 nitrogen and oxygen atoms in total. The van der Waals surface area contributed by atoms with Gasteiger partial charge in [0.25, 0.3) is 0 Å². The summed E-state index contributed by atoms with van der Waals surface area (Å²) < 4.78 is 18.4. The highest BCUT2D eigenvalue weighted by atomic mass is 19.1. The van der Waals surface area contributed by atoms with Gasteiger partial charge in [0.05, 0.1) is 13.2 Å². The maximum absolute atomic E-state index is 13.5. The molecule has 1 aromatic carbocycles. The lowest BCUT2D eigenvalue weighted by Crippen LogP contribution is -2.47. The zero-order valence-electron chi connectivity index (χ0n) is 9.52. The van der Waals surface area contributed by atoms with Gasteiger partial charge in [-0.15, -0.1) is 0 Å². The van der Waals surface area contributed by atoms with Crippen molar-refractivity contribution < 1.29 is 19.0 Å². The fourth-order valence-electron chi connectivity index (χ4n) is 1.78. The van der Waals surface area contributed by atoms with Crippen molar-refractivity contribution in [1.82, 2.24) is 4.90 Å². The maximum Gasteiger partial charge on any atom is 0.410 e. The van der Waals surface area contributed by atoms with Crippen LogP contribution in [0.5, 0.6) is 0 Å². The van der Waals surface area contributed by atoms with E-state index in [9.17, 15) is 14.3 Å². The predicted molar refractivity (Wildman–Crippen MR) is 58.8 cm³/mol. The highest BCUT2D eigenvalue weighted by Crippen LogP contribution is 2.26. The summed E-state index contributed by atoms with van der Waals surface area (Å²) in [6.07, 6.45) is -0.523. The van der Waals surface area contributed by atoms with Gasteiger partial charge >= 0.3 is 6.09 Å². The quantitative estimate of drug-likeness (QED) is 0.870. The number of benzene rings is 1. The van der Waals surface area contributed by atoms with E-state index < -0.39 is 11.6 Å². The number of ether oxygens (including phenoxy) is 1. The molecule has 17 heavy (non-hydrogen) atoms. The van der Waals surface area contributed by atoms with Crippen molar-refractivity contribution in [3.05, 3.63) is 35.6 Å². The van der Waals surface area contributed by atoms with Gasteiger partial charge in [0.15, 0.2) is 0 Å². The van der Waals surface area contributed by atoms with Gasteiger partial charge in [0.2, 0.25) is 0 Å². The number of nitrogens with zero attached hydrogens (tertiary/aromatic N) is 1. The summed E-state index contributed by atoms with van der Waals surface area (Å²) in [6, 6.07) is 6.24. The highest BCUT2D eigenvalue weighted by Gasteiger charge is 2.43. The van der Waals surface area contributed by atoms with Crippen molar-refractivity contribution in [2.75, 3.05) is 13.2 Å². The van der Waals surface area contributed by atoms with Gasteiger partial charge in [0.1, 0.15) is 18.0 Å². The molecule has 1 aliphatic heterocycles. The number of rotatable bonds is 3. The Balaban J connectivity index is 2.23. The average molecular weight is 239 g/mol. The third-order valence-corrected chi connectivity index (χ3v) is 3.01. The van der Waals surface area contributed by atoms with E-state index >= 15 is 0 Å². The largest absolute Gasteiger partial charge is 0.447 e.